The second-order valence-electron chi connectivity index (χ2n) is 6.96. The van der Waals surface area contributed by atoms with Gasteiger partial charge in [0.15, 0.2) is 0 Å². The Hall–Kier alpha value is -0.920. The first-order valence-corrected chi connectivity index (χ1v) is 9.83. The van der Waals surface area contributed by atoms with Crippen LogP contribution in [-0.4, -0.2) is 37.3 Å². The molecule has 0 aromatic carbocycles. The van der Waals surface area contributed by atoms with Gasteiger partial charge in [-0.3, -0.25) is 4.79 Å². The molecule has 1 saturated heterocycles. The van der Waals surface area contributed by atoms with E-state index in [1.54, 1.807) is 5.38 Å². The molecule has 1 N–H and O–H groups in total. The summed E-state index contributed by atoms with van der Waals surface area (Å²) in [6.07, 6.45) is 1.96. The average molecular weight is 345 g/mol. The van der Waals surface area contributed by atoms with Crippen LogP contribution in [0.4, 0.5) is 0 Å². The highest BCUT2D eigenvalue weighted by molar-refractivity contribution is 7.89. The number of piperidine rings is 1. The van der Waals surface area contributed by atoms with Crippen molar-refractivity contribution in [2.45, 2.75) is 51.0 Å². The van der Waals surface area contributed by atoms with Gasteiger partial charge in [-0.2, -0.15) is 4.31 Å². The first-order valence-electron chi connectivity index (χ1n) is 7.51. The zero-order chi connectivity index (χ0) is 16.5. The van der Waals surface area contributed by atoms with Crippen LogP contribution in [0, 0.1) is 5.92 Å². The second-order valence-corrected chi connectivity index (χ2v) is 9.81. The third-order valence-electron chi connectivity index (χ3n) is 3.55. The Morgan fingerprint density at radius 1 is 1.41 bits per heavy atom. The number of amides is 1. The summed E-state index contributed by atoms with van der Waals surface area (Å²) in [5, 5.41) is 4.41. The van der Waals surface area contributed by atoms with Crippen molar-refractivity contribution in [3.63, 3.8) is 0 Å². The molecule has 1 aromatic heterocycles. The largest absolute Gasteiger partial charge is 0.347 e. The molecule has 1 aliphatic heterocycles. The van der Waals surface area contributed by atoms with Crippen LogP contribution in [0.25, 0.3) is 0 Å². The molecule has 1 aliphatic rings. The fraction of sp³-hybridized carbons (Fsp3) is 0.667. The molecule has 0 radical (unpaired) electrons. The molecule has 1 aromatic rings. The van der Waals surface area contributed by atoms with Crippen LogP contribution in [0.2, 0.25) is 0 Å². The molecule has 0 spiro atoms. The van der Waals surface area contributed by atoms with Gasteiger partial charge in [0, 0.05) is 24.0 Å². The van der Waals surface area contributed by atoms with Crippen LogP contribution >= 0.6 is 11.3 Å². The third kappa shape index (κ3) is 4.08. The van der Waals surface area contributed by atoms with Gasteiger partial charge in [-0.25, -0.2) is 8.42 Å². The molecule has 0 unspecified atom stereocenters. The van der Waals surface area contributed by atoms with Gasteiger partial charge in [0.05, 0.1) is 9.77 Å². The molecule has 2 rings (SSSR count). The third-order valence-corrected chi connectivity index (χ3v) is 6.47. The van der Waals surface area contributed by atoms with Crippen molar-refractivity contribution in [3.8, 4) is 0 Å². The van der Waals surface area contributed by atoms with E-state index in [0.717, 1.165) is 12.8 Å². The van der Waals surface area contributed by atoms with E-state index in [4.69, 9.17) is 0 Å². The summed E-state index contributed by atoms with van der Waals surface area (Å²) in [6.45, 7) is 8.87. The van der Waals surface area contributed by atoms with E-state index in [9.17, 15) is 13.2 Å². The minimum Gasteiger partial charge on any atom is -0.347 e. The van der Waals surface area contributed by atoms with E-state index in [0.29, 0.717) is 23.9 Å². The van der Waals surface area contributed by atoms with Crippen LogP contribution in [-0.2, 0) is 10.0 Å². The number of thiophene rings is 1. The molecule has 5 nitrogen and oxygen atoms in total. The van der Waals surface area contributed by atoms with Crippen LogP contribution < -0.4 is 5.32 Å². The second kappa shape index (κ2) is 6.29. The molecule has 1 amide bonds. The van der Waals surface area contributed by atoms with Gasteiger partial charge in [0.1, 0.15) is 0 Å². The lowest BCUT2D eigenvalue weighted by molar-refractivity contribution is 0.0923. The Morgan fingerprint density at radius 3 is 2.68 bits per heavy atom. The molecule has 1 fully saturated rings. The predicted molar refractivity (Wildman–Crippen MR) is 88.7 cm³/mol. The average Bonchev–Trinajstić information content (AvgIpc) is 2.87. The Balaban J connectivity index is 2.18. The summed E-state index contributed by atoms with van der Waals surface area (Å²) >= 11 is 1.17. The van der Waals surface area contributed by atoms with Crippen molar-refractivity contribution >= 4 is 27.3 Å². The first kappa shape index (κ1) is 17.4. The van der Waals surface area contributed by atoms with Crippen LogP contribution in [0.1, 0.15) is 50.2 Å². The highest BCUT2D eigenvalue weighted by Crippen LogP contribution is 2.27. The van der Waals surface area contributed by atoms with Gasteiger partial charge >= 0.3 is 0 Å². The summed E-state index contributed by atoms with van der Waals surface area (Å²) in [5.41, 5.74) is -0.345. The molecular formula is C15H24N2O3S2. The maximum Gasteiger partial charge on any atom is 0.261 e. The van der Waals surface area contributed by atoms with E-state index in [-0.39, 0.29) is 16.3 Å². The van der Waals surface area contributed by atoms with E-state index in [2.05, 4.69) is 12.2 Å². The van der Waals surface area contributed by atoms with Gasteiger partial charge in [-0.1, -0.05) is 6.92 Å². The van der Waals surface area contributed by atoms with Gasteiger partial charge in [0.25, 0.3) is 5.91 Å². The summed E-state index contributed by atoms with van der Waals surface area (Å²) in [6, 6.07) is 1.49. The minimum atomic E-state index is -3.49. The summed E-state index contributed by atoms with van der Waals surface area (Å²) < 4.78 is 26.8. The monoisotopic (exact) mass is 344 g/mol. The number of sulfonamides is 1. The summed E-state index contributed by atoms with van der Waals surface area (Å²) in [7, 11) is -3.49. The summed E-state index contributed by atoms with van der Waals surface area (Å²) in [5.74, 6) is 0.150. The highest BCUT2D eigenvalue weighted by atomic mass is 32.2. The van der Waals surface area contributed by atoms with Gasteiger partial charge in [-0.05, 0) is 45.6 Å². The number of carbonyl (C=O) groups excluding carboxylic acids is 1. The molecule has 1 atom stereocenters. The van der Waals surface area contributed by atoms with Crippen molar-refractivity contribution in [3.05, 3.63) is 16.3 Å². The van der Waals surface area contributed by atoms with Crippen molar-refractivity contribution in [1.82, 2.24) is 9.62 Å². The van der Waals surface area contributed by atoms with Crippen molar-refractivity contribution < 1.29 is 13.2 Å². The number of hydrogen-bond donors (Lipinski definition) is 1. The highest BCUT2D eigenvalue weighted by Gasteiger charge is 2.30. The number of hydrogen-bond acceptors (Lipinski definition) is 4. The molecular weight excluding hydrogens is 320 g/mol. The van der Waals surface area contributed by atoms with E-state index in [1.165, 1.54) is 21.7 Å². The van der Waals surface area contributed by atoms with E-state index >= 15 is 0 Å². The minimum absolute atomic E-state index is 0.227. The molecule has 22 heavy (non-hydrogen) atoms. The molecule has 0 saturated carbocycles. The van der Waals surface area contributed by atoms with Gasteiger partial charge in [-0.15, -0.1) is 11.3 Å². The molecule has 2 heterocycles. The van der Waals surface area contributed by atoms with Gasteiger partial charge < -0.3 is 5.32 Å². The topological polar surface area (TPSA) is 66.5 Å². The molecule has 0 bridgehead atoms. The van der Waals surface area contributed by atoms with Crippen LogP contribution in [0.15, 0.2) is 16.3 Å². The number of nitrogens with one attached hydrogen (secondary N) is 1. The van der Waals surface area contributed by atoms with Crippen molar-refractivity contribution in [2.75, 3.05) is 13.1 Å². The summed E-state index contributed by atoms with van der Waals surface area (Å²) in [4.78, 5) is 12.8. The normalized spacial score (nSPS) is 20.8. The number of rotatable bonds is 3. The number of nitrogens with zero attached hydrogens (tertiary/aromatic N) is 1. The van der Waals surface area contributed by atoms with Gasteiger partial charge in [0.2, 0.25) is 10.0 Å². The maximum atomic E-state index is 12.7. The van der Waals surface area contributed by atoms with Crippen molar-refractivity contribution in [2.24, 2.45) is 5.92 Å². The Morgan fingerprint density at radius 2 is 2.09 bits per heavy atom. The fourth-order valence-corrected chi connectivity index (χ4v) is 5.24. The van der Waals surface area contributed by atoms with E-state index in [1.807, 2.05) is 20.8 Å². The first-order chi connectivity index (χ1) is 10.1. The SMILES string of the molecule is C[C@@H]1CCCN(S(=O)(=O)c2csc(C(=O)NC(C)(C)C)c2)C1. The Bertz CT molecular complexity index is 644. The van der Waals surface area contributed by atoms with E-state index < -0.39 is 10.0 Å². The van der Waals surface area contributed by atoms with Crippen LogP contribution in [0.5, 0.6) is 0 Å². The zero-order valence-electron chi connectivity index (χ0n) is 13.5. The lowest BCUT2D eigenvalue weighted by Gasteiger charge is -2.29. The quantitative estimate of drug-likeness (QED) is 0.917. The zero-order valence-corrected chi connectivity index (χ0v) is 15.2. The lowest BCUT2D eigenvalue weighted by atomic mass is 10.0. The maximum absolute atomic E-state index is 12.7. The predicted octanol–water partition coefficient (Wildman–Crippen LogP) is 2.70. The standard InChI is InChI=1S/C15H24N2O3S2/c1-11-6-5-7-17(9-11)22(19,20)12-8-13(21-10-12)14(18)16-15(2,3)4/h8,10-11H,5-7,9H2,1-4H3,(H,16,18)/t11-/m1/s1. The molecule has 0 aliphatic carbocycles. The fourth-order valence-electron chi connectivity index (χ4n) is 2.49. The smallest absolute Gasteiger partial charge is 0.261 e. The van der Waals surface area contributed by atoms with Crippen molar-refractivity contribution in [1.29, 1.82) is 0 Å². The molecule has 124 valence electrons. The Kier molecular flexibility index (Phi) is 4.99. The van der Waals surface area contributed by atoms with Crippen LogP contribution in [0.3, 0.4) is 0 Å². The Labute approximate surface area is 136 Å². The number of carbonyl (C=O) groups is 1. The lowest BCUT2D eigenvalue weighted by Crippen LogP contribution is -2.40. The molecule has 7 heteroatoms.